The number of thiophene rings is 2. The Labute approximate surface area is 214 Å². The molecule has 1 aromatic carbocycles. The molecule has 4 atom stereocenters. The SMILES string of the molecule is CN(CCCc1cccc(Cl)c1)[C@@H]1CC2CCC1C2OC(=O)C(O)(c1cccs1)c1cccs1. The Morgan fingerprint density at radius 2 is 1.88 bits per heavy atom. The van der Waals surface area contributed by atoms with Crippen LogP contribution < -0.4 is 0 Å². The van der Waals surface area contributed by atoms with Crippen molar-refractivity contribution in [2.45, 2.75) is 49.9 Å². The number of ether oxygens (including phenoxy) is 1. The molecule has 5 rings (SSSR count). The molecule has 34 heavy (non-hydrogen) atoms. The summed E-state index contributed by atoms with van der Waals surface area (Å²) in [6.07, 6.45) is 5.14. The number of rotatable bonds is 9. The van der Waals surface area contributed by atoms with Gasteiger partial charge in [0.1, 0.15) is 6.10 Å². The number of aliphatic hydroxyl groups is 1. The van der Waals surface area contributed by atoms with E-state index in [0.29, 0.717) is 27.6 Å². The van der Waals surface area contributed by atoms with Crippen LogP contribution in [0.5, 0.6) is 0 Å². The highest BCUT2D eigenvalue weighted by Crippen LogP contribution is 2.49. The van der Waals surface area contributed by atoms with E-state index in [1.165, 1.54) is 28.2 Å². The van der Waals surface area contributed by atoms with E-state index in [1.54, 1.807) is 0 Å². The predicted octanol–water partition coefficient (Wildman–Crippen LogP) is 5.97. The molecule has 2 fully saturated rings. The lowest BCUT2D eigenvalue weighted by Crippen LogP contribution is -2.42. The molecule has 2 aliphatic rings. The summed E-state index contributed by atoms with van der Waals surface area (Å²) in [4.78, 5) is 17.2. The summed E-state index contributed by atoms with van der Waals surface area (Å²) in [5.74, 6) is 0.148. The highest BCUT2D eigenvalue weighted by atomic mass is 35.5. The lowest BCUT2D eigenvalue weighted by molar-refractivity contribution is -0.170. The van der Waals surface area contributed by atoms with E-state index in [0.717, 1.165) is 43.7 Å². The van der Waals surface area contributed by atoms with Crippen molar-refractivity contribution in [3.63, 3.8) is 0 Å². The minimum atomic E-state index is -1.73. The lowest BCUT2D eigenvalue weighted by atomic mass is 9.94. The standard InChI is InChI=1S/C27H30ClNO3S2/c1-29(13-3-7-18-6-2-8-20(28)16-18)22-17-19-11-12-21(22)25(19)32-26(30)27(31,23-9-4-14-33-23)24-10-5-15-34-24/h2,4-6,8-10,14-16,19,21-22,25,31H,3,7,11-13,17H2,1H3/t19?,21?,22-,25?/m1/s1. The van der Waals surface area contributed by atoms with Crippen LogP contribution in [0.15, 0.2) is 59.3 Å². The predicted molar refractivity (Wildman–Crippen MR) is 139 cm³/mol. The van der Waals surface area contributed by atoms with Gasteiger partial charge in [-0.25, -0.2) is 4.79 Å². The van der Waals surface area contributed by atoms with Gasteiger partial charge >= 0.3 is 5.97 Å². The Morgan fingerprint density at radius 3 is 2.53 bits per heavy atom. The number of benzene rings is 1. The minimum absolute atomic E-state index is 0.126. The molecule has 0 saturated heterocycles. The van der Waals surface area contributed by atoms with Gasteiger partial charge in [-0.1, -0.05) is 35.9 Å². The van der Waals surface area contributed by atoms with E-state index in [1.807, 2.05) is 53.2 Å². The summed E-state index contributed by atoms with van der Waals surface area (Å²) in [5.41, 5.74) is -0.468. The zero-order valence-electron chi connectivity index (χ0n) is 19.2. The van der Waals surface area contributed by atoms with Crippen molar-refractivity contribution in [1.82, 2.24) is 4.90 Å². The van der Waals surface area contributed by atoms with Gasteiger partial charge < -0.3 is 14.7 Å². The summed E-state index contributed by atoms with van der Waals surface area (Å²) in [6.45, 7) is 0.995. The molecule has 4 nitrogen and oxygen atoms in total. The quantitative estimate of drug-likeness (QED) is 0.356. The number of fused-ring (bicyclic) bond motifs is 2. The van der Waals surface area contributed by atoms with Crippen molar-refractivity contribution in [3.05, 3.63) is 79.6 Å². The Hall–Kier alpha value is -1.70. The second kappa shape index (κ2) is 10.1. The molecule has 0 amide bonds. The molecular weight excluding hydrogens is 486 g/mol. The topological polar surface area (TPSA) is 49.8 Å². The third-order valence-electron chi connectivity index (χ3n) is 7.52. The van der Waals surface area contributed by atoms with Crippen molar-refractivity contribution < 1.29 is 14.6 Å². The van der Waals surface area contributed by atoms with Crippen LogP contribution in [0.4, 0.5) is 0 Å². The number of carbonyl (C=O) groups excluding carboxylic acids is 1. The van der Waals surface area contributed by atoms with Crippen LogP contribution in [0.25, 0.3) is 0 Å². The second-order valence-electron chi connectivity index (χ2n) is 9.55. The number of carbonyl (C=O) groups is 1. The highest BCUT2D eigenvalue weighted by molar-refractivity contribution is 7.12. The van der Waals surface area contributed by atoms with E-state index >= 15 is 0 Å². The van der Waals surface area contributed by atoms with E-state index in [2.05, 4.69) is 18.0 Å². The van der Waals surface area contributed by atoms with Crippen molar-refractivity contribution in [2.75, 3.05) is 13.6 Å². The Balaban J connectivity index is 1.23. The molecule has 3 unspecified atom stereocenters. The third-order valence-corrected chi connectivity index (χ3v) is 9.71. The number of esters is 1. The van der Waals surface area contributed by atoms with Crippen LogP contribution in [0.3, 0.4) is 0 Å². The largest absolute Gasteiger partial charge is 0.459 e. The molecule has 2 saturated carbocycles. The molecule has 0 aliphatic heterocycles. The molecule has 180 valence electrons. The summed E-state index contributed by atoms with van der Waals surface area (Å²) < 4.78 is 6.16. The van der Waals surface area contributed by atoms with Gasteiger partial charge in [-0.05, 0) is 92.2 Å². The summed E-state index contributed by atoms with van der Waals surface area (Å²) in [5, 5.41) is 16.2. The third kappa shape index (κ3) is 4.59. The molecule has 0 spiro atoms. The van der Waals surface area contributed by atoms with Crippen molar-refractivity contribution in [1.29, 1.82) is 0 Å². The first kappa shape index (κ1) is 24.0. The summed E-state index contributed by atoms with van der Waals surface area (Å²) in [6, 6.07) is 15.8. The van der Waals surface area contributed by atoms with Gasteiger partial charge in [0.05, 0.1) is 9.75 Å². The molecule has 7 heteroatoms. The molecule has 2 heterocycles. The molecule has 2 aliphatic carbocycles. The average molecular weight is 516 g/mol. The molecule has 3 aromatic rings. The van der Waals surface area contributed by atoms with Gasteiger partial charge in [0.25, 0.3) is 0 Å². The number of hydrogen-bond donors (Lipinski definition) is 1. The first-order valence-corrected chi connectivity index (χ1v) is 14.1. The number of halogens is 1. The lowest BCUT2D eigenvalue weighted by Gasteiger charge is -2.32. The molecular formula is C27H30ClNO3S2. The minimum Gasteiger partial charge on any atom is -0.459 e. The second-order valence-corrected chi connectivity index (χ2v) is 11.9. The number of hydrogen-bond acceptors (Lipinski definition) is 6. The monoisotopic (exact) mass is 515 g/mol. The van der Waals surface area contributed by atoms with E-state index < -0.39 is 11.6 Å². The first-order chi connectivity index (χ1) is 16.5. The van der Waals surface area contributed by atoms with Crippen molar-refractivity contribution in [3.8, 4) is 0 Å². The molecule has 2 aromatic heterocycles. The Morgan fingerprint density at radius 1 is 1.15 bits per heavy atom. The number of aryl methyl sites for hydroxylation is 1. The van der Waals surface area contributed by atoms with Crippen LogP contribution in [-0.2, 0) is 21.6 Å². The van der Waals surface area contributed by atoms with Gasteiger partial charge in [-0.15, -0.1) is 22.7 Å². The van der Waals surface area contributed by atoms with Gasteiger partial charge in [0.2, 0.25) is 5.60 Å². The van der Waals surface area contributed by atoms with E-state index in [4.69, 9.17) is 16.3 Å². The fourth-order valence-electron chi connectivity index (χ4n) is 5.81. The van der Waals surface area contributed by atoms with Crippen molar-refractivity contribution in [2.24, 2.45) is 11.8 Å². The maximum Gasteiger partial charge on any atom is 0.349 e. The van der Waals surface area contributed by atoms with Gasteiger partial charge in [-0.2, -0.15) is 0 Å². The normalized spacial score (nSPS) is 24.1. The summed E-state index contributed by atoms with van der Waals surface area (Å²) >= 11 is 8.89. The van der Waals surface area contributed by atoms with Crippen LogP contribution in [0.1, 0.15) is 41.0 Å². The van der Waals surface area contributed by atoms with Gasteiger partial charge in [0, 0.05) is 17.0 Å². The first-order valence-electron chi connectivity index (χ1n) is 11.9. The van der Waals surface area contributed by atoms with Crippen LogP contribution in [-0.4, -0.2) is 41.7 Å². The maximum absolute atomic E-state index is 13.5. The maximum atomic E-state index is 13.5. The number of nitrogens with zero attached hydrogens (tertiary/aromatic N) is 1. The molecule has 2 bridgehead atoms. The van der Waals surface area contributed by atoms with Crippen LogP contribution in [0.2, 0.25) is 5.02 Å². The zero-order chi connectivity index (χ0) is 23.7. The van der Waals surface area contributed by atoms with Crippen molar-refractivity contribution >= 4 is 40.2 Å². The molecule has 1 N–H and O–H groups in total. The fraction of sp³-hybridized carbons (Fsp3) is 0.444. The fourth-order valence-corrected chi connectivity index (χ4v) is 7.74. The zero-order valence-corrected chi connectivity index (χ0v) is 21.6. The summed E-state index contributed by atoms with van der Waals surface area (Å²) in [7, 11) is 2.19. The van der Waals surface area contributed by atoms with Gasteiger partial charge in [-0.3, -0.25) is 0 Å². The van der Waals surface area contributed by atoms with Gasteiger partial charge in [0.15, 0.2) is 0 Å². The van der Waals surface area contributed by atoms with Crippen LogP contribution in [0, 0.1) is 11.8 Å². The van der Waals surface area contributed by atoms with E-state index in [-0.39, 0.29) is 6.10 Å². The van der Waals surface area contributed by atoms with E-state index in [9.17, 15) is 9.90 Å². The molecule has 0 radical (unpaired) electrons. The Kier molecular flexibility index (Phi) is 7.14. The average Bonchev–Trinajstić information content (AvgIpc) is 3.64. The van der Waals surface area contributed by atoms with Crippen LogP contribution >= 0.6 is 34.3 Å². The Bertz CT molecular complexity index is 1070. The highest BCUT2D eigenvalue weighted by Gasteiger charge is 2.54. The smallest absolute Gasteiger partial charge is 0.349 e.